The fourth-order valence-electron chi connectivity index (χ4n) is 7.17. The Balaban J connectivity index is 1.34. The first kappa shape index (κ1) is 30.0. The van der Waals surface area contributed by atoms with Gasteiger partial charge in [-0.05, 0) is 79.6 Å². The second-order valence-corrected chi connectivity index (χ2v) is 14.7. The average Bonchev–Trinajstić information content (AvgIpc) is 3.42. The summed E-state index contributed by atoms with van der Waals surface area (Å²) in [5, 5.41) is 1.03. The summed E-state index contributed by atoms with van der Waals surface area (Å²) in [6, 6.07) is 19.0. The van der Waals surface area contributed by atoms with Crippen LogP contribution in [-0.4, -0.2) is 55.7 Å². The highest BCUT2D eigenvalue weighted by Crippen LogP contribution is 2.53. The molecule has 6 rings (SSSR count). The van der Waals surface area contributed by atoms with Crippen molar-refractivity contribution in [3.8, 4) is 5.75 Å². The maximum Gasteiger partial charge on any atom is 0.226 e. The Morgan fingerprint density at radius 2 is 1.63 bits per heavy atom. The monoisotopic (exact) mass is 640 g/mol. The van der Waals surface area contributed by atoms with Crippen molar-refractivity contribution in [3.05, 3.63) is 93.5 Å². The molecule has 7 nitrogen and oxygen atoms in total. The molecule has 3 aliphatic rings. The lowest BCUT2D eigenvalue weighted by atomic mass is 9.78. The van der Waals surface area contributed by atoms with Crippen molar-refractivity contribution in [2.75, 3.05) is 19.6 Å². The van der Waals surface area contributed by atoms with Crippen LogP contribution in [0.5, 0.6) is 5.75 Å². The van der Waals surface area contributed by atoms with Gasteiger partial charge in [-0.3, -0.25) is 9.59 Å². The minimum absolute atomic E-state index is 0.00152. The van der Waals surface area contributed by atoms with Gasteiger partial charge < -0.3 is 14.5 Å². The van der Waals surface area contributed by atoms with E-state index in [-0.39, 0.29) is 29.2 Å². The molecule has 3 aromatic carbocycles. The normalized spacial score (nSPS) is 22.2. The lowest BCUT2D eigenvalue weighted by Gasteiger charge is -2.43. The number of fused-ring (bicyclic) bond motifs is 3. The molecule has 3 aromatic rings. The van der Waals surface area contributed by atoms with E-state index in [4.69, 9.17) is 27.9 Å². The van der Waals surface area contributed by atoms with Crippen LogP contribution in [-0.2, 0) is 37.2 Å². The van der Waals surface area contributed by atoms with Gasteiger partial charge in [-0.1, -0.05) is 53.5 Å². The molecule has 0 spiro atoms. The van der Waals surface area contributed by atoms with E-state index < -0.39 is 20.6 Å². The number of hydrogen-bond donors (Lipinski definition) is 0. The van der Waals surface area contributed by atoms with Gasteiger partial charge in [0.25, 0.3) is 0 Å². The highest BCUT2D eigenvalue weighted by Gasteiger charge is 2.61. The van der Waals surface area contributed by atoms with E-state index in [0.29, 0.717) is 73.1 Å². The van der Waals surface area contributed by atoms with Gasteiger partial charge in [0.1, 0.15) is 17.1 Å². The zero-order chi connectivity index (χ0) is 30.4. The molecule has 0 unspecified atom stereocenters. The van der Waals surface area contributed by atoms with E-state index in [0.717, 1.165) is 11.1 Å². The number of aryl methyl sites for hydroxylation is 1. The smallest absolute Gasteiger partial charge is 0.226 e. The van der Waals surface area contributed by atoms with E-state index in [9.17, 15) is 18.0 Å². The van der Waals surface area contributed by atoms with Crippen LogP contribution in [0.2, 0.25) is 10.0 Å². The first-order valence-electron chi connectivity index (χ1n) is 14.7. The third-order valence-electron chi connectivity index (χ3n) is 9.41. The number of carbonyl (C=O) groups excluding carboxylic acids is 2. The second-order valence-electron chi connectivity index (χ2n) is 11.6. The first-order valence-corrected chi connectivity index (χ1v) is 16.9. The molecule has 2 saturated heterocycles. The summed E-state index contributed by atoms with van der Waals surface area (Å²) >= 11 is 12.7. The van der Waals surface area contributed by atoms with E-state index in [1.165, 1.54) is 0 Å². The maximum atomic E-state index is 14.6. The van der Waals surface area contributed by atoms with Crippen LogP contribution in [0.3, 0.4) is 0 Å². The molecule has 2 atom stereocenters. The predicted molar refractivity (Wildman–Crippen MR) is 166 cm³/mol. The van der Waals surface area contributed by atoms with Gasteiger partial charge in [0.2, 0.25) is 11.8 Å². The fraction of sp³-hybridized carbons (Fsp3) is 0.394. The van der Waals surface area contributed by atoms with Gasteiger partial charge in [-0.2, -0.15) is 0 Å². The molecule has 0 N–H and O–H groups in total. The third-order valence-corrected chi connectivity index (χ3v) is 12.7. The Bertz CT molecular complexity index is 1640. The molecule has 0 radical (unpaired) electrons. The molecule has 43 heavy (non-hydrogen) atoms. The summed E-state index contributed by atoms with van der Waals surface area (Å²) in [6.45, 7) is 3.18. The number of benzene rings is 3. The summed E-state index contributed by atoms with van der Waals surface area (Å²) in [4.78, 5) is 29.7. The van der Waals surface area contributed by atoms with Gasteiger partial charge in [0.05, 0.1) is 10.9 Å². The topological polar surface area (TPSA) is 84.0 Å². The number of carbonyl (C=O) groups is 2. The van der Waals surface area contributed by atoms with Crippen LogP contribution in [0.15, 0.2) is 71.6 Å². The van der Waals surface area contributed by atoms with Crippen molar-refractivity contribution < 1.29 is 22.7 Å². The van der Waals surface area contributed by atoms with Crippen LogP contribution in [0.4, 0.5) is 0 Å². The lowest BCUT2D eigenvalue weighted by Crippen LogP contribution is -2.53. The number of hydrogen-bond acceptors (Lipinski definition) is 5. The molecular formula is C33H34Cl2N2O5S. The number of rotatable bonds is 6. The molecule has 1 aliphatic carbocycles. The average molecular weight is 642 g/mol. The molecule has 0 bridgehead atoms. The minimum atomic E-state index is -3.89. The Labute approximate surface area is 262 Å². The standard InChI is InChI=1S/C33H34Cl2N2O5S/c1-22(38)36-17-14-23(15-18-36)32(39)37-19-16-33(43(40,41)26-6-3-2-4-7-26)28-12-11-25(20-24(28)10-13-31(33)37)42-21-27-29(34)8-5-9-30(27)35/h2-9,11-12,20,23,31H,10,13-19,21H2,1H3/t31-,33-/m1/s1. The summed E-state index contributed by atoms with van der Waals surface area (Å²) < 4.78 is 34.1. The van der Waals surface area contributed by atoms with Crippen molar-refractivity contribution in [1.29, 1.82) is 0 Å². The Morgan fingerprint density at radius 1 is 0.930 bits per heavy atom. The number of nitrogens with zero attached hydrogens (tertiary/aromatic N) is 2. The Morgan fingerprint density at radius 3 is 2.30 bits per heavy atom. The van der Waals surface area contributed by atoms with Crippen molar-refractivity contribution in [1.82, 2.24) is 9.80 Å². The largest absolute Gasteiger partial charge is 0.489 e. The number of piperidine rings is 1. The van der Waals surface area contributed by atoms with Gasteiger partial charge in [0.15, 0.2) is 9.84 Å². The van der Waals surface area contributed by atoms with E-state index in [2.05, 4.69) is 0 Å². The van der Waals surface area contributed by atoms with Crippen molar-refractivity contribution in [3.63, 3.8) is 0 Å². The minimum Gasteiger partial charge on any atom is -0.489 e. The number of amides is 2. The van der Waals surface area contributed by atoms with Crippen LogP contribution < -0.4 is 4.74 Å². The van der Waals surface area contributed by atoms with Crippen molar-refractivity contribution >= 4 is 44.9 Å². The summed E-state index contributed by atoms with van der Waals surface area (Å²) in [7, 11) is -3.89. The van der Waals surface area contributed by atoms with Gasteiger partial charge in [0, 0.05) is 48.1 Å². The number of ether oxygens (including phenoxy) is 1. The SMILES string of the molecule is CC(=O)N1CCC(C(=O)N2CC[C@@]3(S(=O)(=O)c4ccccc4)c4ccc(OCc5c(Cl)cccc5Cl)cc4CC[C@@H]23)CC1. The van der Waals surface area contributed by atoms with Crippen LogP contribution in [0, 0.1) is 5.92 Å². The Kier molecular flexibility index (Phi) is 8.22. The van der Waals surface area contributed by atoms with Gasteiger partial charge in [-0.15, -0.1) is 0 Å². The fourth-order valence-corrected chi connectivity index (χ4v) is 10.1. The number of likely N-dealkylation sites (tertiary alicyclic amines) is 2. The molecule has 2 aliphatic heterocycles. The number of sulfone groups is 1. The zero-order valence-corrected chi connectivity index (χ0v) is 26.3. The van der Waals surface area contributed by atoms with Gasteiger partial charge >= 0.3 is 0 Å². The highest BCUT2D eigenvalue weighted by molar-refractivity contribution is 7.92. The first-order chi connectivity index (χ1) is 20.6. The molecule has 226 valence electrons. The lowest BCUT2D eigenvalue weighted by molar-refractivity contribution is -0.141. The molecule has 0 saturated carbocycles. The quantitative estimate of drug-likeness (QED) is 0.328. The maximum absolute atomic E-state index is 14.6. The van der Waals surface area contributed by atoms with Crippen LogP contribution in [0.1, 0.15) is 49.3 Å². The van der Waals surface area contributed by atoms with E-state index in [1.807, 2.05) is 17.0 Å². The van der Waals surface area contributed by atoms with Gasteiger partial charge in [-0.25, -0.2) is 8.42 Å². The van der Waals surface area contributed by atoms with E-state index in [1.54, 1.807) is 66.4 Å². The van der Waals surface area contributed by atoms with E-state index >= 15 is 0 Å². The molecular weight excluding hydrogens is 607 g/mol. The van der Waals surface area contributed by atoms with Crippen molar-refractivity contribution in [2.45, 2.75) is 61.3 Å². The second kappa shape index (κ2) is 11.8. The predicted octanol–water partition coefficient (Wildman–Crippen LogP) is 6.05. The summed E-state index contributed by atoms with van der Waals surface area (Å²) in [5.74, 6) is 0.392. The molecule has 2 amide bonds. The van der Waals surface area contributed by atoms with Crippen LogP contribution in [0.25, 0.3) is 0 Å². The molecule has 0 aromatic heterocycles. The molecule has 10 heteroatoms. The third kappa shape index (κ3) is 5.21. The number of halogens is 2. The highest BCUT2D eigenvalue weighted by atomic mass is 35.5. The molecule has 2 heterocycles. The van der Waals surface area contributed by atoms with Crippen molar-refractivity contribution in [2.24, 2.45) is 5.92 Å². The molecule has 2 fully saturated rings. The summed E-state index contributed by atoms with van der Waals surface area (Å²) in [6.07, 6.45) is 2.63. The zero-order valence-electron chi connectivity index (χ0n) is 24.0. The van der Waals surface area contributed by atoms with Crippen LogP contribution >= 0.6 is 23.2 Å². The summed E-state index contributed by atoms with van der Waals surface area (Å²) in [5.41, 5.74) is 2.32. The Hall–Kier alpha value is -3.07.